The fraction of sp³-hybridized carbons (Fsp3) is 0.684. The minimum absolute atomic E-state index is 0.0783. The van der Waals surface area contributed by atoms with E-state index in [0.717, 1.165) is 24.3 Å². The molecule has 0 N–H and O–H groups in total. The number of hydrogen-bond acceptors (Lipinski definition) is 2. The summed E-state index contributed by atoms with van der Waals surface area (Å²) < 4.78 is 13.7. The molecule has 0 amide bonds. The van der Waals surface area contributed by atoms with E-state index in [1.54, 1.807) is 0 Å². The zero-order chi connectivity index (χ0) is 31.6. The maximum absolute atomic E-state index is 7.29. The molecule has 228 valence electrons. The van der Waals surface area contributed by atoms with E-state index in [0.29, 0.717) is 0 Å². The lowest BCUT2D eigenvalue weighted by Gasteiger charge is -2.41. The first-order chi connectivity index (χ1) is 18.5. The summed E-state index contributed by atoms with van der Waals surface area (Å²) in [5, 5.41) is 0. The van der Waals surface area contributed by atoms with Crippen LogP contribution in [0.3, 0.4) is 0 Å². The van der Waals surface area contributed by atoms with Gasteiger partial charge in [-0.1, -0.05) is 151 Å². The molecule has 0 bridgehead atoms. The highest BCUT2D eigenvalue weighted by atomic mass is 27.0. The Morgan fingerprint density at radius 2 is 0.805 bits per heavy atom. The van der Waals surface area contributed by atoms with Gasteiger partial charge in [0.15, 0.2) is 0 Å². The Kier molecular flexibility index (Phi) is 11.4. The highest BCUT2D eigenvalue weighted by molar-refractivity contribution is 6.13. The highest BCUT2D eigenvalue weighted by Gasteiger charge is 2.37. The molecule has 0 saturated heterocycles. The molecule has 0 fully saturated rings. The van der Waals surface area contributed by atoms with Gasteiger partial charge in [0, 0.05) is 28.7 Å². The molecule has 0 aliphatic carbocycles. The van der Waals surface area contributed by atoms with Gasteiger partial charge in [0.05, 0.1) is 0 Å². The molecule has 2 radical (unpaired) electrons. The monoisotopic (exact) mass is 576 g/mol. The maximum Gasteiger partial charge on any atom is 0.272 e. The Morgan fingerprint density at radius 1 is 0.512 bits per heavy atom. The van der Waals surface area contributed by atoms with Crippen molar-refractivity contribution in [1.29, 1.82) is 0 Å². The Bertz CT molecular complexity index is 1010. The van der Waals surface area contributed by atoms with Crippen LogP contribution in [0.25, 0.3) is 0 Å². The van der Waals surface area contributed by atoms with Crippen LogP contribution in [-0.2, 0) is 21.7 Å². The van der Waals surface area contributed by atoms with E-state index in [1.807, 2.05) is 0 Å². The molecule has 0 atom stereocenters. The van der Waals surface area contributed by atoms with Crippen LogP contribution in [0.4, 0.5) is 0 Å². The van der Waals surface area contributed by atoms with E-state index in [1.165, 1.54) is 59.1 Å². The third-order valence-corrected chi connectivity index (χ3v) is 8.40. The standard InChI is InChI=1S/C38H61O2.Al/c1-16-17-18-19-20-21-32(39-33-28(35(4,5)6)22-26(2)23-29(33)36(7,8)9)40-34-30(37(10,11)12)24-27(3)25-31(34)38(13,14)15;/h22-25H,16-21H2,1-15H3;. The molecule has 0 aromatic heterocycles. The van der Waals surface area contributed by atoms with Crippen LogP contribution in [0.15, 0.2) is 24.3 Å². The minimum atomic E-state index is -0.906. The normalized spacial score (nSPS) is 13.4. The molecule has 0 heterocycles. The van der Waals surface area contributed by atoms with Gasteiger partial charge in [-0.15, -0.1) is 0 Å². The van der Waals surface area contributed by atoms with E-state index in [-0.39, 0.29) is 21.7 Å². The second-order valence-corrected chi connectivity index (χ2v) is 17.4. The summed E-state index contributed by atoms with van der Waals surface area (Å²) in [5.41, 5.74) is 7.17. The van der Waals surface area contributed by atoms with Gasteiger partial charge in [-0.05, 0) is 41.9 Å². The van der Waals surface area contributed by atoms with Crippen molar-refractivity contribution in [3.05, 3.63) is 57.6 Å². The van der Waals surface area contributed by atoms with E-state index >= 15 is 0 Å². The van der Waals surface area contributed by atoms with Gasteiger partial charge in [-0.3, -0.25) is 0 Å². The predicted octanol–water partition coefficient (Wildman–Crippen LogP) is 11.1. The SMILES string of the molecule is CCCCCCC[C]([Al])(Oc1c(C(C)(C)C)cc(C)cc1C(C)(C)C)Oc1c(C(C)(C)C)cc(C)cc1C(C)(C)C. The number of aryl methyl sites for hydroxylation is 2. The van der Waals surface area contributed by atoms with Crippen molar-refractivity contribution in [2.75, 3.05) is 0 Å². The van der Waals surface area contributed by atoms with Crippen LogP contribution in [0, 0.1) is 13.8 Å². The zero-order valence-electron chi connectivity index (χ0n) is 29.4. The lowest BCUT2D eigenvalue weighted by atomic mass is 9.78. The van der Waals surface area contributed by atoms with Crippen molar-refractivity contribution in [1.82, 2.24) is 0 Å². The molecular formula is C38H61AlO2. The average Bonchev–Trinajstić information content (AvgIpc) is 2.78. The summed E-state index contributed by atoms with van der Waals surface area (Å²) >= 11 is 3.05. The van der Waals surface area contributed by atoms with Crippen LogP contribution in [-0.4, -0.2) is 20.9 Å². The first-order valence-electron chi connectivity index (χ1n) is 16.0. The van der Waals surface area contributed by atoms with Gasteiger partial charge >= 0.3 is 0 Å². The largest absolute Gasteiger partial charge is 0.470 e. The summed E-state index contributed by atoms with van der Waals surface area (Å²) in [4.78, 5) is 0. The van der Waals surface area contributed by atoms with Crippen LogP contribution in [0.5, 0.6) is 11.5 Å². The topological polar surface area (TPSA) is 18.5 Å². The van der Waals surface area contributed by atoms with Crippen LogP contribution in [0.1, 0.15) is 162 Å². The molecule has 0 spiro atoms. The van der Waals surface area contributed by atoms with Crippen molar-refractivity contribution < 1.29 is 9.47 Å². The third-order valence-electron chi connectivity index (χ3n) is 7.88. The predicted molar refractivity (Wildman–Crippen MR) is 180 cm³/mol. The summed E-state index contributed by atoms with van der Waals surface area (Å²) in [7, 11) is 0. The van der Waals surface area contributed by atoms with Gasteiger partial charge in [0.25, 0.3) is 16.3 Å². The average molecular weight is 577 g/mol. The molecule has 41 heavy (non-hydrogen) atoms. The van der Waals surface area contributed by atoms with Crippen molar-refractivity contribution >= 4 is 16.3 Å². The first-order valence-corrected chi connectivity index (χ1v) is 16.6. The smallest absolute Gasteiger partial charge is 0.272 e. The maximum atomic E-state index is 7.29. The van der Waals surface area contributed by atoms with Gasteiger partial charge in [0.2, 0.25) is 0 Å². The van der Waals surface area contributed by atoms with Gasteiger partial charge in [0.1, 0.15) is 16.1 Å². The lowest BCUT2D eigenvalue weighted by molar-refractivity contribution is -0.0504. The van der Waals surface area contributed by atoms with Gasteiger partial charge in [-0.2, -0.15) is 0 Å². The highest BCUT2D eigenvalue weighted by Crippen LogP contribution is 2.46. The minimum Gasteiger partial charge on any atom is -0.470 e. The van der Waals surface area contributed by atoms with E-state index in [9.17, 15) is 0 Å². The molecular weight excluding hydrogens is 515 g/mol. The first kappa shape index (κ1) is 35.8. The Hall–Kier alpha value is -1.43. The fourth-order valence-electron chi connectivity index (χ4n) is 5.44. The Balaban J connectivity index is 2.83. The molecule has 0 aliphatic rings. The second-order valence-electron chi connectivity index (χ2n) is 16.6. The quantitative estimate of drug-likeness (QED) is 0.159. The summed E-state index contributed by atoms with van der Waals surface area (Å²) in [6.45, 7) is 34.1. The lowest BCUT2D eigenvalue weighted by Crippen LogP contribution is -2.45. The third kappa shape index (κ3) is 9.80. The molecule has 2 aromatic rings. The Labute approximate surface area is 262 Å². The van der Waals surface area contributed by atoms with Crippen LogP contribution in [0.2, 0.25) is 0 Å². The molecule has 2 aromatic carbocycles. The van der Waals surface area contributed by atoms with Crippen LogP contribution < -0.4 is 9.47 Å². The number of hydrogen-bond donors (Lipinski definition) is 0. The fourth-order valence-corrected chi connectivity index (χ4v) is 5.88. The second kappa shape index (κ2) is 13.1. The molecule has 0 unspecified atom stereocenters. The molecule has 0 saturated carbocycles. The summed E-state index contributed by atoms with van der Waals surface area (Å²) in [5.74, 6) is 1.95. The Morgan fingerprint density at radius 3 is 1.07 bits per heavy atom. The van der Waals surface area contributed by atoms with Gasteiger partial charge < -0.3 is 9.47 Å². The van der Waals surface area contributed by atoms with E-state index in [2.05, 4.69) is 144 Å². The zero-order valence-corrected chi connectivity index (χ0v) is 30.6. The van der Waals surface area contributed by atoms with E-state index < -0.39 is 4.65 Å². The molecule has 2 rings (SSSR count). The molecule has 0 aliphatic heterocycles. The number of rotatable bonds is 10. The molecule has 2 nitrogen and oxygen atoms in total. The van der Waals surface area contributed by atoms with Crippen molar-refractivity contribution in [2.45, 2.75) is 169 Å². The van der Waals surface area contributed by atoms with Crippen LogP contribution >= 0.6 is 0 Å². The number of unbranched alkanes of at least 4 members (excludes halogenated alkanes) is 4. The number of ether oxygens (including phenoxy) is 2. The van der Waals surface area contributed by atoms with E-state index in [4.69, 9.17) is 9.47 Å². The molecule has 3 heteroatoms. The van der Waals surface area contributed by atoms with Gasteiger partial charge in [-0.25, -0.2) is 0 Å². The van der Waals surface area contributed by atoms with Crippen molar-refractivity contribution in [3.63, 3.8) is 0 Å². The summed E-state index contributed by atoms with van der Waals surface area (Å²) in [6, 6.07) is 9.24. The van der Waals surface area contributed by atoms with Crippen molar-refractivity contribution in [3.8, 4) is 11.5 Å². The summed E-state index contributed by atoms with van der Waals surface area (Å²) in [6.07, 6.45) is 6.77. The van der Waals surface area contributed by atoms with Crippen molar-refractivity contribution in [2.24, 2.45) is 0 Å². The number of benzene rings is 2.